The summed E-state index contributed by atoms with van der Waals surface area (Å²) in [7, 11) is 0. The van der Waals surface area contributed by atoms with Gasteiger partial charge in [0.1, 0.15) is 5.82 Å². The highest BCUT2D eigenvalue weighted by Crippen LogP contribution is 2.37. The van der Waals surface area contributed by atoms with Gasteiger partial charge >= 0.3 is 0 Å². The molecule has 1 aliphatic rings. The molecule has 1 amide bonds. The number of benzene rings is 1. The van der Waals surface area contributed by atoms with Crippen LogP contribution in [-0.4, -0.2) is 21.8 Å². The predicted octanol–water partition coefficient (Wildman–Crippen LogP) is 3.75. The Balaban J connectivity index is 1.80. The Morgan fingerprint density at radius 3 is 2.85 bits per heavy atom. The van der Waals surface area contributed by atoms with E-state index >= 15 is 0 Å². The molecule has 0 spiro atoms. The number of hydrogen-bond donors (Lipinski definition) is 2. The van der Waals surface area contributed by atoms with Gasteiger partial charge in [0, 0.05) is 21.9 Å². The average Bonchev–Trinajstić information content (AvgIpc) is 2.86. The normalized spacial score (nSPS) is 19.9. The van der Waals surface area contributed by atoms with E-state index in [0.29, 0.717) is 22.8 Å². The molecule has 3 rings (SSSR count). The minimum absolute atomic E-state index is 0.177. The number of amidine groups is 1. The molecule has 8 heteroatoms. The Morgan fingerprint density at radius 2 is 2.19 bits per heavy atom. The first kappa shape index (κ1) is 18.8. The van der Waals surface area contributed by atoms with Crippen LogP contribution in [0.4, 0.5) is 10.1 Å². The van der Waals surface area contributed by atoms with Crippen molar-refractivity contribution < 1.29 is 9.18 Å². The number of thiazole rings is 1. The van der Waals surface area contributed by atoms with Crippen molar-refractivity contribution >= 4 is 39.9 Å². The molecule has 1 aromatic carbocycles. The Bertz CT molecular complexity index is 880. The van der Waals surface area contributed by atoms with Gasteiger partial charge in [0.15, 0.2) is 5.17 Å². The van der Waals surface area contributed by atoms with E-state index in [2.05, 4.69) is 15.3 Å². The molecular formula is C18H21FN4OS2. The summed E-state index contributed by atoms with van der Waals surface area (Å²) in [4.78, 5) is 22.2. The van der Waals surface area contributed by atoms with Crippen LogP contribution >= 0.6 is 23.1 Å². The van der Waals surface area contributed by atoms with Gasteiger partial charge in [-0.1, -0.05) is 11.8 Å². The molecule has 0 saturated carbocycles. The smallest absolute Gasteiger partial charge is 0.230 e. The number of aromatic nitrogens is 1. The number of nitrogens with two attached hydrogens (primary N) is 1. The molecule has 5 nitrogen and oxygen atoms in total. The largest absolute Gasteiger partial charge is 0.379 e. The van der Waals surface area contributed by atoms with Gasteiger partial charge in [-0.3, -0.25) is 9.79 Å². The molecule has 1 unspecified atom stereocenters. The molecule has 138 valence electrons. The van der Waals surface area contributed by atoms with Crippen LogP contribution in [0.2, 0.25) is 0 Å². The van der Waals surface area contributed by atoms with Crippen molar-refractivity contribution in [3.05, 3.63) is 45.2 Å². The maximum Gasteiger partial charge on any atom is 0.230 e. The van der Waals surface area contributed by atoms with Gasteiger partial charge in [0.05, 0.1) is 22.7 Å². The fourth-order valence-corrected chi connectivity index (χ4v) is 4.80. The predicted molar refractivity (Wildman–Crippen MR) is 106 cm³/mol. The summed E-state index contributed by atoms with van der Waals surface area (Å²) >= 11 is 3.04. The average molecular weight is 393 g/mol. The third kappa shape index (κ3) is 4.07. The molecule has 26 heavy (non-hydrogen) atoms. The third-order valence-electron chi connectivity index (χ3n) is 4.35. The van der Waals surface area contributed by atoms with Crippen molar-refractivity contribution in [1.29, 1.82) is 0 Å². The molecular weight excluding hydrogens is 371 g/mol. The molecule has 2 aromatic rings. The second-order valence-electron chi connectivity index (χ2n) is 6.48. The molecule has 1 aromatic heterocycles. The number of hydrogen-bond acceptors (Lipinski definition) is 6. The highest BCUT2D eigenvalue weighted by Gasteiger charge is 2.32. The second kappa shape index (κ2) is 7.36. The summed E-state index contributed by atoms with van der Waals surface area (Å²) < 4.78 is 14.4. The maximum atomic E-state index is 14.4. The number of aryl methyl sites for hydroxylation is 2. The fraction of sp³-hybridized carbons (Fsp3) is 0.389. The van der Waals surface area contributed by atoms with E-state index in [4.69, 9.17) is 5.73 Å². The summed E-state index contributed by atoms with van der Waals surface area (Å²) in [5.41, 5.74) is 6.88. The van der Waals surface area contributed by atoms with Crippen molar-refractivity contribution in [2.24, 2.45) is 10.7 Å². The lowest BCUT2D eigenvalue weighted by molar-refractivity contribution is -0.115. The minimum Gasteiger partial charge on any atom is -0.379 e. The fourth-order valence-electron chi connectivity index (χ4n) is 2.99. The molecule has 1 aliphatic heterocycles. The molecule has 0 fully saturated rings. The first-order chi connectivity index (χ1) is 12.3. The Morgan fingerprint density at radius 1 is 1.42 bits per heavy atom. The van der Waals surface area contributed by atoms with Gasteiger partial charge in [-0.15, -0.1) is 11.3 Å². The number of carbonyl (C=O) groups excluding carboxylic acids is 1. The van der Waals surface area contributed by atoms with E-state index in [1.54, 1.807) is 23.5 Å². The molecule has 0 radical (unpaired) electrons. The lowest BCUT2D eigenvalue weighted by Crippen LogP contribution is -2.30. The Labute approximate surface area is 160 Å². The van der Waals surface area contributed by atoms with E-state index in [1.807, 2.05) is 20.8 Å². The number of thioether (sulfide) groups is 1. The standard InChI is InChI=1S/C18H21FN4OS2/c1-10-15(21-11(2)26-10)9-16(24)22-12-4-5-14(19)13(8-12)18(3)6-7-25-17(20)23-18/h4-5,8H,6-7,9H2,1-3H3,(H2,20,23)(H,22,24). The lowest BCUT2D eigenvalue weighted by Gasteiger charge is -2.30. The summed E-state index contributed by atoms with van der Waals surface area (Å²) in [6.45, 7) is 5.74. The summed E-state index contributed by atoms with van der Waals surface area (Å²) in [5, 5.41) is 4.23. The van der Waals surface area contributed by atoms with Gasteiger partial charge in [-0.25, -0.2) is 9.37 Å². The second-order valence-corrected chi connectivity index (χ2v) is 9.00. The van der Waals surface area contributed by atoms with Crippen LogP contribution in [-0.2, 0) is 16.8 Å². The van der Waals surface area contributed by atoms with Crippen molar-refractivity contribution in [3.8, 4) is 0 Å². The highest BCUT2D eigenvalue weighted by molar-refractivity contribution is 8.13. The van der Waals surface area contributed by atoms with Crippen LogP contribution < -0.4 is 11.1 Å². The minimum atomic E-state index is -0.719. The number of aliphatic imine (C=N–C) groups is 1. The van der Waals surface area contributed by atoms with Crippen LogP contribution in [0, 0.1) is 19.7 Å². The van der Waals surface area contributed by atoms with E-state index < -0.39 is 5.54 Å². The number of nitrogens with zero attached hydrogens (tertiary/aromatic N) is 2. The molecule has 0 bridgehead atoms. The SMILES string of the molecule is Cc1nc(CC(=O)Nc2ccc(F)c(C3(C)CCSC(N)=N3)c2)c(C)s1. The van der Waals surface area contributed by atoms with Gasteiger partial charge < -0.3 is 11.1 Å². The molecule has 0 aliphatic carbocycles. The van der Waals surface area contributed by atoms with Crippen molar-refractivity contribution in [2.75, 3.05) is 11.1 Å². The summed E-state index contributed by atoms with van der Waals surface area (Å²) in [6.07, 6.45) is 0.881. The first-order valence-corrected chi connectivity index (χ1v) is 10.1. The third-order valence-corrected chi connectivity index (χ3v) is 6.08. The molecule has 2 heterocycles. The van der Waals surface area contributed by atoms with Crippen LogP contribution in [0.5, 0.6) is 0 Å². The monoisotopic (exact) mass is 392 g/mol. The quantitative estimate of drug-likeness (QED) is 0.830. The number of halogens is 1. The van der Waals surface area contributed by atoms with Crippen LogP contribution in [0.25, 0.3) is 0 Å². The summed E-state index contributed by atoms with van der Waals surface area (Å²) in [5.74, 6) is 0.257. The summed E-state index contributed by atoms with van der Waals surface area (Å²) in [6, 6.07) is 4.57. The Hall–Kier alpha value is -1.93. The number of amides is 1. The van der Waals surface area contributed by atoms with E-state index in [0.717, 1.165) is 21.3 Å². The van der Waals surface area contributed by atoms with Crippen LogP contribution in [0.15, 0.2) is 23.2 Å². The van der Waals surface area contributed by atoms with Gasteiger partial charge in [-0.2, -0.15) is 0 Å². The zero-order chi connectivity index (χ0) is 18.9. The number of rotatable bonds is 4. The van der Waals surface area contributed by atoms with Gasteiger partial charge in [0.2, 0.25) is 5.91 Å². The lowest BCUT2D eigenvalue weighted by atomic mass is 9.89. The van der Waals surface area contributed by atoms with Crippen molar-refractivity contribution in [1.82, 2.24) is 4.98 Å². The van der Waals surface area contributed by atoms with Gasteiger partial charge in [0.25, 0.3) is 0 Å². The van der Waals surface area contributed by atoms with Crippen LogP contribution in [0.3, 0.4) is 0 Å². The van der Waals surface area contributed by atoms with E-state index in [-0.39, 0.29) is 18.1 Å². The van der Waals surface area contributed by atoms with E-state index in [1.165, 1.54) is 17.8 Å². The number of nitrogens with one attached hydrogen (secondary N) is 1. The highest BCUT2D eigenvalue weighted by atomic mass is 32.2. The number of anilines is 1. The van der Waals surface area contributed by atoms with Crippen molar-refractivity contribution in [3.63, 3.8) is 0 Å². The zero-order valence-corrected chi connectivity index (χ0v) is 16.6. The van der Waals surface area contributed by atoms with Crippen LogP contribution in [0.1, 0.15) is 34.5 Å². The molecule has 1 atom stereocenters. The first-order valence-electron chi connectivity index (χ1n) is 8.28. The Kier molecular flexibility index (Phi) is 5.34. The van der Waals surface area contributed by atoms with Gasteiger partial charge in [-0.05, 0) is 45.4 Å². The topological polar surface area (TPSA) is 80.4 Å². The zero-order valence-electron chi connectivity index (χ0n) is 14.9. The molecule has 3 N–H and O–H groups in total. The van der Waals surface area contributed by atoms with Crippen molar-refractivity contribution in [2.45, 2.75) is 39.2 Å². The van der Waals surface area contributed by atoms with E-state index in [9.17, 15) is 9.18 Å². The number of carbonyl (C=O) groups is 1. The maximum absolute atomic E-state index is 14.4. The molecule has 0 saturated heterocycles.